The van der Waals surface area contributed by atoms with Crippen LogP contribution in [0.25, 0.3) is 0 Å². The van der Waals surface area contributed by atoms with Gasteiger partial charge >= 0.3 is 30.2 Å². The lowest BCUT2D eigenvalue weighted by molar-refractivity contribution is -0.657. The molecule has 0 radical (unpaired) electrons. The summed E-state index contributed by atoms with van der Waals surface area (Å²) in [5.41, 5.74) is 0. The van der Waals surface area contributed by atoms with Gasteiger partial charge in [0.1, 0.15) is 0 Å². The summed E-state index contributed by atoms with van der Waals surface area (Å²) in [6.07, 6.45) is -29.2. The van der Waals surface area contributed by atoms with Crippen molar-refractivity contribution in [3.05, 3.63) is 0 Å². The third-order valence-corrected chi connectivity index (χ3v) is 4.67. The lowest BCUT2D eigenvalue weighted by Gasteiger charge is -2.41. The van der Waals surface area contributed by atoms with E-state index in [4.69, 9.17) is 0 Å². The molecule has 0 aromatic rings. The van der Waals surface area contributed by atoms with Crippen molar-refractivity contribution in [1.82, 2.24) is 12.9 Å². The Kier molecular flexibility index (Phi) is 10.5. The van der Waals surface area contributed by atoms with Gasteiger partial charge in [-0.05, 0) is 0 Å². The molecule has 5 nitrogen and oxygen atoms in total. The van der Waals surface area contributed by atoms with Crippen molar-refractivity contribution >= 4 is 11.5 Å². The molecule has 0 aliphatic rings. The molecule has 0 saturated heterocycles. The minimum Gasteiger partial charge on any atom is -0.794 e. The third kappa shape index (κ3) is 7.65. The molecule has 0 heterocycles. The van der Waals surface area contributed by atoms with Crippen LogP contribution in [0.4, 0.5) is 57.1 Å². The van der Waals surface area contributed by atoms with Gasteiger partial charge < -0.3 is 5.11 Å². The van der Waals surface area contributed by atoms with Crippen molar-refractivity contribution < 1.29 is 66.9 Å². The molecular weight excluding hydrogens is 497 g/mol. The lowest BCUT2D eigenvalue weighted by atomic mass is 10.2. The van der Waals surface area contributed by atoms with Crippen molar-refractivity contribution in [3.8, 4) is 0 Å². The number of rotatable bonds is 7. The Morgan fingerprint density at radius 2 is 0.871 bits per heavy atom. The molecule has 0 rings (SSSR count). The summed E-state index contributed by atoms with van der Waals surface area (Å²) in [5.74, 6) is -14.8. The number of ether oxygens (including phenoxy) is 1. The van der Waals surface area contributed by atoms with Crippen LogP contribution in [0.5, 0.6) is 0 Å². The summed E-state index contributed by atoms with van der Waals surface area (Å²) < 4.78 is 163. The summed E-state index contributed by atoms with van der Waals surface area (Å²) in [7, 11) is 12.5. The maximum Gasteiger partial charge on any atom is 0.462 e. The van der Waals surface area contributed by atoms with E-state index in [9.17, 15) is 62.2 Å². The molecule has 0 saturated carbocycles. The van der Waals surface area contributed by atoms with E-state index in [1.54, 1.807) is 0 Å². The quantitative estimate of drug-likeness (QED) is 0.386. The maximum atomic E-state index is 12.6. The highest BCUT2D eigenvalue weighted by molar-refractivity contribution is 7.90. The van der Waals surface area contributed by atoms with Gasteiger partial charge in [0.05, 0.1) is 0 Å². The average Bonchev–Trinajstić information content (AvgIpc) is 2.41. The van der Waals surface area contributed by atoms with Crippen molar-refractivity contribution in [2.75, 3.05) is 42.3 Å². The molecule has 190 valence electrons. The monoisotopic (exact) mass is 515 g/mol. The van der Waals surface area contributed by atoms with Crippen molar-refractivity contribution in [2.45, 2.75) is 36.3 Å². The van der Waals surface area contributed by atoms with Gasteiger partial charge in [-0.2, -0.15) is 48.3 Å². The molecule has 0 aromatic carbocycles. The molecular formula is C12H18F13N3O2S. The van der Waals surface area contributed by atoms with Gasteiger partial charge in [-0.1, -0.05) is 12.9 Å². The van der Waals surface area contributed by atoms with Crippen molar-refractivity contribution in [1.29, 1.82) is 0 Å². The van der Waals surface area contributed by atoms with Crippen LogP contribution in [-0.2, 0) is 16.2 Å². The molecule has 1 unspecified atom stereocenters. The zero-order valence-electron chi connectivity index (χ0n) is 16.5. The Morgan fingerprint density at radius 1 is 0.581 bits per heavy atom. The molecule has 0 aliphatic carbocycles. The highest BCUT2D eigenvalue weighted by Gasteiger charge is 2.80. The Bertz CT molecular complexity index is 528. The number of hydrogen-bond acceptors (Lipinski definition) is 5. The standard InChI is InChI=1S/C6F13O2.C6H18N3S/c7-1(8,3(10,11)12)6(18,19)21-2(9,4(13,14)15)5(16,17)20;1-7(2)10(8(3)4)9(5)6/h;1-6H3/q-1;+1. The number of hydrogen-bond donors (Lipinski definition) is 0. The highest BCUT2D eigenvalue weighted by Crippen LogP contribution is 2.53. The number of halogens is 13. The predicted octanol–water partition coefficient (Wildman–Crippen LogP) is 3.01. The first-order valence-electron chi connectivity index (χ1n) is 7.30. The summed E-state index contributed by atoms with van der Waals surface area (Å²) >= 11 is 0.120. The molecule has 0 aliphatic heterocycles. The molecule has 0 bridgehead atoms. The van der Waals surface area contributed by atoms with E-state index in [-0.39, 0.29) is 11.5 Å². The van der Waals surface area contributed by atoms with Crippen LogP contribution >= 0.6 is 0 Å². The van der Waals surface area contributed by atoms with Gasteiger partial charge in [-0.3, -0.25) is 4.74 Å². The molecule has 19 heteroatoms. The highest BCUT2D eigenvalue weighted by atomic mass is 32.2. The molecule has 0 fully saturated rings. The first-order valence-corrected chi connectivity index (χ1v) is 8.40. The molecule has 31 heavy (non-hydrogen) atoms. The Balaban J connectivity index is 0. The van der Waals surface area contributed by atoms with Crippen LogP contribution < -0.4 is 5.11 Å². The summed E-state index contributed by atoms with van der Waals surface area (Å²) in [5, 5.41) is 9.61. The van der Waals surface area contributed by atoms with E-state index in [1.807, 2.05) is 0 Å². The summed E-state index contributed by atoms with van der Waals surface area (Å²) in [6, 6.07) is 0. The molecule has 1 atom stereocenters. The molecule has 0 N–H and O–H groups in total. The zero-order chi connectivity index (χ0) is 26.0. The van der Waals surface area contributed by atoms with E-state index < -0.39 is 36.3 Å². The fraction of sp³-hybridized carbons (Fsp3) is 1.00. The van der Waals surface area contributed by atoms with E-state index in [1.165, 1.54) is 4.74 Å². The van der Waals surface area contributed by atoms with Gasteiger partial charge in [-0.15, -0.1) is 0 Å². The normalized spacial score (nSPS) is 16.6. The van der Waals surface area contributed by atoms with Crippen LogP contribution in [0.1, 0.15) is 0 Å². The van der Waals surface area contributed by atoms with Crippen LogP contribution in [0.3, 0.4) is 0 Å². The van der Waals surface area contributed by atoms with Gasteiger partial charge in [0.2, 0.25) is 0 Å². The van der Waals surface area contributed by atoms with Crippen LogP contribution in [-0.4, -0.2) is 91.5 Å². The first kappa shape index (κ1) is 32.4. The predicted molar refractivity (Wildman–Crippen MR) is 80.3 cm³/mol. The SMILES string of the molecule is CN(C)[S+](N(C)C)N(C)C.[O-]C(F)(F)C(F)(OC(F)(F)C(F)(F)C(F)(F)F)C(F)(F)F. The first-order chi connectivity index (χ1) is 13.2. The maximum absolute atomic E-state index is 12.6. The van der Waals surface area contributed by atoms with Gasteiger partial charge in [-0.25, -0.2) is 8.78 Å². The van der Waals surface area contributed by atoms with Gasteiger partial charge in [0, 0.05) is 42.3 Å². The molecule has 0 aromatic heterocycles. The number of alkyl halides is 13. The smallest absolute Gasteiger partial charge is 0.462 e. The minimum atomic E-state index is -7.49. The van der Waals surface area contributed by atoms with E-state index >= 15 is 0 Å². The molecule has 0 spiro atoms. The van der Waals surface area contributed by atoms with Crippen LogP contribution in [0, 0.1) is 0 Å². The molecule has 0 amide bonds. The van der Waals surface area contributed by atoms with Crippen LogP contribution in [0.2, 0.25) is 0 Å². The second kappa shape index (κ2) is 10.0. The second-order valence-corrected chi connectivity index (χ2v) is 8.66. The van der Waals surface area contributed by atoms with Crippen LogP contribution in [0.15, 0.2) is 0 Å². The van der Waals surface area contributed by atoms with E-state index in [2.05, 4.69) is 55.2 Å². The topological polar surface area (TPSA) is 42.0 Å². The van der Waals surface area contributed by atoms with Crippen molar-refractivity contribution in [2.24, 2.45) is 0 Å². The van der Waals surface area contributed by atoms with Gasteiger partial charge in [0.25, 0.3) is 17.6 Å². The zero-order valence-corrected chi connectivity index (χ0v) is 17.3. The van der Waals surface area contributed by atoms with Gasteiger partial charge in [0.15, 0.2) is 0 Å². The third-order valence-electron chi connectivity index (χ3n) is 2.71. The van der Waals surface area contributed by atoms with E-state index in [0.717, 1.165) is 0 Å². The lowest BCUT2D eigenvalue weighted by Crippen LogP contribution is -2.68. The van der Waals surface area contributed by atoms with E-state index in [0.29, 0.717) is 0 Å². The Labute approximate surface area is 171 Å². The largest absolute Gasteiger partial charge is 0.794 e. The summed E-state index contributed by atoms with van der Waals surface area (Å²) in [4.78, 5) is 0. The Hall–Kier alpha value is -0.760. The number of nitrogens with zero attached hydrogens (tertiary/aromatic N) is 3. The Morgan fingerprint density at radius 3 is 1.00 bits per heavy atom. The average molecular weight is 515 g/mol. The fourth-order valence-corrected chi connectivity index (χ4v) is 3.63. The fourth-order valence-electron chi connectivity index (χ4n) is 1.67. The van der Waals surface area contributed by atoms with Crippen molar-refractivity contribution in [3.63, 3.8) is 0 Å². The second-order valence-electron chi connectivity index (χ2n) is 5.98. The minimum absolute atomic E-state index is 0.120. The summed E-state index contributed by atoms with van der Waals surface area (Å²) in [6.45, 7) is 0.